The molecule has 1 amide bonds. The van der Waals surface area contributed by atoms with E-state index in [9.17, 15) is 4.79 Å². The van der Waals surface area contributed by atoms with Gasteiger partial charge in [0.25, 0.3) is 0 Å². The van der Waals surface area contributed by atoms with Crippen LogP contribution in [0.4, 0.5) is 5.13 Å². The predicted molar refractivity (Wildman–Crippen MR) is 102 cm³/mol. The number of anilines is 1. The Kier molecular flexibility index (Phi) is 6.42. The number of carbonyl (C=O) groups is 1. The first kappa shape index (κ1) is 17.9. The molecule has 2 aromatic rings. The Morgan fingerprint density at radius 2 is 1.84 bits per heavy atom. The van der Waals surface area contributed by atoms with Crippen LogP contribution in [0.3, 0.4) is 0 Å². The van der Waals surface area contributed by atoms with Gasteiger partial charge in [-0.25, -0.2) is 4.98 Å². The number of rotatable bonds is 5. The number of ether oxygens (including phenoxy) is 1. The second kappa shape index (κ2) is 8.97. The molecular formula is C19H25N3O2S. The average Bonchev–Trinajstić information content (AvgIpc) is 3.05. The molecule has 25 heavy (non-hydrogen) atoms. The molecule has 1 aliphatic heterocycles. The SMILES string of the molecule is COc1ccc(-c2csc(NC(=O)CN3CCCCCCC3)n2)cc1. The van der Waals surface area contributed by atoms with E-state index in [1.54, 1.807) is 7.11 Å². The first-order chi connectivity index (χ1) is 12.2. The zero-order valence-corrected chi connectivity index (χ0v) is 15.5. The number of nitrogens with zero attached hydrogens (tertiary/aromatic N) is 2. The molecule has 1 saturated heterocycles. The average molecular weight is 359 g/mol. The molecule has 0 unspecified atom stereocenters. The van der Waals surface area contributed by atoms with Crippen LogP contribution in [-0.2, 0) is 4.79 Å². The largest absolute Gasteiger partial charge is 0.497 e. The third kappa shape index (κ3) is 5.28. The van der Waals surface area contributed by atoms with Crippen molar-refractivity contribution in [2.45, 2.75) is 32.1 Å². The van der Waals surface area contributed by atoms with Gasteiger partial charge in [-0.05, 0) is 50.2 Å². The van der Waals surface area contributed by atoms with Crippen molar-refractivity contribution in [2.24, 2.45) is 0 Å². The lowest BCUT2D eigenvalue weighted by atomic mass is 10.1. The van der Waals surface area contributed by atoms with Crippen molar-refractivity contribution in [3.63, 3.8) is 0 Å². The molecule has 0 atom stereocenters. The molecule has 2 heterocycles. The van der Waals surface area contributed by atoms with Gasteiger partial charge in [0.2, 0.25) is 5.91 Å². The van der Waals surface area contributed by atoms with Gasteiger partial charge >= 0.3 is 0 Å². The summed E-state index contributed by atoms with van der Waals surface area (Å²) in [6.45, 7) is 2.49. The predicted octanol–water partition coefficient (Wildman–Crippen LogP) is 4.02. The summed E-state index contributed by atoms with van der Waals surface area (Å²) >= 11 is 1.46. The van der Waals surface area contributed by atoms with Crippen molar-refractivity contribution >= 4 is 22.4 Å². The number of carbonyl (C=O) groups excluding carboxylic acids is 1. The smallest absolute Gasteiger partial charge is 0.240 e. The zero-order chi connectivity index (χ0) is 17.5. The third-order valence-electron chi connectivity index (χ3n) is 4.45. The highest BCUT2D eigenvalue weighted by molar-refractivity contribution is 7.14. The highest BCUT2D eigenvalue weighted by atomic mass is 32.1. The fraction of sp³-hybridized carbons (Fsp3) is 0.474. The van der Waals surface area contributed by atoms with Gasteiger partial charge < -0.3 is 10.1 Å². The Morgan fingerprint density at radius 3 is 2.52 bits per heavy atom. The molecule has 1 aromatic carbocycles. The van der Waals surface area contributed by atoms with Crippen LogP contribution >= 0.6 is 11.3 Å². The molecule has 0 saturated carbocycles. The molecule has 1 fully saturated rings. The minimum atomic E-state index is 0.0243. The van der Waals surface area contributed by atoms with E-state index < -0.39 is 0 Å². The van der Waals surface area contributed by atoms with E-state index in [1.165, 1.54) is 43.4 Å². The molecule has 0 spiro atoms. The summed E-state index contributed by atoms with van der Waals surface area (Å²) in [5.74, 6) is 0.844. The van der Waals surface area contributed by atoms with E-state index in [-0.39, 0.29) is 5.91 Å². The van der Waals surface area contributed by atoms with Crippen molar-refractivity contribution in [3.8, 4) is 17.0 Å². The van der Waals surface area contributed by atoms with Crippen molar-refractivity contribution in [1.82, 2.24) is 9.88 Å². The molecule has 0 aliphatic carbocycles. The number of amides is 1. The standard InChI is InChI=1S/C19H25N3O2S/c1-24-16-9-7-15(8-10-16)17-14-25-19(20-17)21-18(23)13-22-11-5-3-2-4-6-12-22/h7-10,14H,2-6,11-13H2,1H3,(H,20,21,23). The van der Waals surface area contributed by atoms with E-state index in [0.29, 0.717) is 11.7 Å². The van der Waals surface area contributed by atoms with Gasteiger partial charge in [0.05, 0.1) is 19.3 Å². The number of hydrogen-bond donors (Lipinski definition) is 1. The lowest BCUT2D eigenvalue weighted by molar-refractivity contribution is -0.117. The molecule has 0 bridgehead atoms. The van der Waals surface area contributed by atoms with Crippen molar-refractivity contribution in [1.29, 1.82) is 0 Å². The van der Waals surface area contributed by atoms with E-state index in [4.69, 9.17) is 4.74 Å². The fourth-order valence-electron chi connectivity index (χ4n) is 3.06. The lowest BCUT2D eigenvalue weighted by Gasteiger charge is -2.23. The van der Waals surface area contributed by atoms with Gasteiger partial charge in [-0.2, -0.15) is 0 Å². The van der Waals surface area contributed by atoms with Crippen LogP contribution in [0.5, 0.6) is 5.75 Å². The Labute approximate surface area is 153 Å². The van der Waals surface area contributed by atoms with Gasteiger partial charge in [-0.15, -0.1) is 11.3 Å². The van der Waals surface area contributed by atoms with Gasteiger partial charge in [-0.1, -0.05) is 19.3 Å². The first-order valence-electron chi connectivity index (χ1n) is 8.87. The second-order valence-corrected chi connectivity index (χ2v) is 7.22. The lowest BCUT2D eigenvalue weighted by Crippen LogP contribution is -2.35. The molecular weight excluding hydrogens is 334 g/mol. The number of methoxy groups -OCH3 is 1. The normalized spacial score (nSPS) is 16.0. The number of hydrogen-bond acceptors (Lipinski definition) is 5. The van der Waals surface area contributed by atoms with E-state index >= 15 is 0 Å². The zero-order valence-electron chi connectivity index (χ0n) is 14.7. The van der Waals surface area contributed by atoms with Gasteiger partial charge in [-0.3, -0.25) is 9.69 Å². The summed E-state index contributed by atoms with van der Waals surface area (Å²) in [5, 5.41) is 5.56. The van der Waals surface area contributed by atoms with Crippen LogP contribution in [-0.4, -0.2) is 42.5 Å². The number of thiazole rings is 1. The molecule has 6 heteroatoms. The van der Waals surface area contributed by atoms with Gasteiger partial charge in [0.1, 0.15) is 5.75 Å². The minimum Gasteiger partial charge on any atom is -0.497 e. The monoisotopic (exact) mass is 359 g/mol. The first-order valence-corrected chi connectivity index (χ1v) is 9.75. The Morgan fingerprint density at radius 1 is 1.16 bits per heavy atom. The summed E-state index contributed by atoms with van der Waals surface area (Å²) in [6, 6.07) is 7.77. The quantitative estimate of drug-likeness (QED) is 0.876. The summed E-state index contributed by atoms with van der Waals surface area (Å²) in [4.78, 5) is 19.1. The Hall–Kier alpha value is -1.92. The second-order valence-electron chi connectivity index (χ2n) is 6.36. The highest BCUT2D eigenvalue weighted by Crippen LogP contribution is 2.26. The van der Waals surface area contributed by atoms with Crippen LogP contribution in [0.1, 0.15) is 32.1 Å². The number of aromatic nitrogens is 1. The molecule has 1 N–H and O–H groups in total. The van der Waals surface area contributed by atoms with Crippen LogP contribution < -0.4 is 10.1 Å². The Bertz CT molecular complexity index is 676. The third-order valence-corrected chi connectivity index (χ3v) is 5.21. The highest BCUT2D eigenvalue weighted by Gasteiger charge is 2.14. The summed E-state index contributed by atoms with van der Waals surface area (Å²) in [6.07, 6.45) is 6.25. The number of benzene rings is 1. The van der Waals surface area contributed by atoms with E-state index in [2.05, 4.69) is 15.2 Å². The van der Waals surface area contributed by atoms with Crippen molar-refractivity contribution in [3.05, 3.63) is 29.6 Å². The topological polar surface area (TPSA) is 54.5 Å². The fourth-order valence-corrected chi connectivity index (χ4v) is 3.79. The number of nitrogens with one attached hydrogen (secondary N) is 1. The molecule has 1 aliphatic rings. The number of likely N-dealkylation sites (tertiary alicyclic amines) is 1. The van der Waals surface area contributed by atoms with Crippen molar-refractivity contribution < 1.29 is 9.53 Å². The maximum atomic E-state index is 12.3. The molecule has 134 valence electrons. The van der Waals surface area contributed by atoms with Gasteiger partial charge in [0.15, 0.2) is 5.13 Å². The summed E-state index contributed by atoms with van der Waals surface area (Å²) in [7, 11) is 1.65. The Balaban J connectivity index is 1.55. The molecule has 3 rings (SSSR count). The molecule has 0 radical (unpaired) electrons. The van der Waals surface area contributed by atoms with Crippen LogP contribution in [0, 0.1) is 0 Å². The van der Waals surface area contributed by atoms with Crippen LogP contribution in [0.15, 0.2) is 29.6 Å². The van der Waals surface area contributed by atoms with E-state index in [1.807, 2.05) is 29.6 Å². The minimum absolute atomic E-state index is 0.0243. The summed E-state index contributed by atoms with van der Waals surface area (Å²) in [5.41, 5.74) is 1.88. The van der Waals surface area contributed by atoms with E-state index in [0.717, 1.165) is 30.1 Å². The molecule has 1 aromatic heterocycles. The van der Waals surface area contributed by atoms with Crippen molar-refractivity contribution in [2.75, 3.05) is 32.1 Å². The van der Waals surface area contributed by atoms with Gasteiger partial charge in [0, 0.05) is 10.9 Å². The molecule has 5 nitrogen and oxygen atoms in total. The van der Waals surface area contributed by atoms with Crippen LogP contribution in [0.2, 0.25) is 0 Å². The summed E-state index contributed by atoms with van der Waals surface area (Å²) < 4.78 is 5.17. The van der Waals surface area contributed by atoms with Crippen LogP contribution in [0.25, 0.3) is 11.3 Å². The maximum absolute atomic E-state index is 12.3. The maximum Gasteiger partial charge on any atom is 0.240 e.